The van der Waals surface area contributed by atoms with Gasteiger partial charge in [0.25, 0.3) is 5.91 Å². The number of rotatable bonds is 6. The number of nitrogens with zero attached hydrogens (tertiary/aromatic N) is 1. The van der Waals surface area contributed by atoms with Crippen LogP contribution in [0, 0.1) is 17.8 Å². The Hall–Kier alpha value is -2.61. The molecule has 198 valence electrons. The number of piperidine rings is 1. The van der Waals surface area contributed by atoms with Gasteiger partial charge >= 0.3 is 5.97 Å². The summed E-state index contributed by atoms with van der Waals surface area (Å²) in [6.07, 6.45) is 11.1. The van der Waals surface area contributed by atoms with E-state index in [1.54, 1.807) is 12.1 Å². The second kappa shape index (κ2) is 12.1. The van der Waals surface area contributed by atoms with Crippen LogP contribution in [0.3, 0.4) is 0 Å². The molecular weight excluding hydrogens is 458 g/mol. The summed E-state index contributed by atoms with van der Waals surface area (Å²) in [5.74, 6) is -0.436. The standard InChI is InChI=1S/C28H41N3O5/c1-35-27(34)22-10-8-20(9-11-22)25(32)29-30-26(33)21-12-14-24(15-13-21)31-18-16-28(36-2,17-19-31)23-6-4-3-5-7-23/h12-15,20,22-23H,3-11,16-19H2,1-2H3,(H,29,32)(H,30,33). The van der Waals surface area contributed by atoms with Crippen molar-refractivity contribution in [2.24, 2.45) is 17.8 Å². The summed E-state index contributed by atoms with van der Waals surface area (Å²) < 4.78 is 10.9. The van der Waals surface area contributed by atoms with Crippen LogP contribution < -0.4 is 15.8 Å². The molecule has 2 aliphatic carbocycles. The van der Waals surface area contributed by atoms with E-state index in [9.17, 15) is 14.4 Å². The molecule has 3 fully saturated rings. The fourth-order valence-corrected chi connectivity index (χ4v) is 6.43. The Morgan fingerprint density at radius 1 is 0.833 bits per heavy atom. The summed E-state index contributed by atoms with van der Waals surface area (Å²) in [4.78, 5) is 39.1. The highest BCUT2D eigenvalue weighted by molar-refractivity contribution is 5.95. The van der Waals surface area contributed by atoms with Gasteiger partial charge in [-0.1, -0.05) is 19.3 Å². The van der Waals surface area contributed by atoms with Crippen molar-refractivity contribution < 1.29 is 23.9 Å². The van der Waals surface area contributed by atoms with Crippen LogP contribution in [-0.4, -0.2) is 50.7 Å². The second-order valence-corrected chi connectivity index (χ2v) is 10.7. The first-order valence-electron chi connectivity index (χ1n) is 13.5. The molecular formula is C28H41N3O5. The van der Waals surface area contributed by atoms with Gasteiger partial charge in [-0.3, -0.25) is 25.2 Å². The van der Waals surface area contributed by atoms with Gasteiger partial charge in [-0.25, -0.2) is 0 Å². The Morgan fingerprint density at radius 2 is 1.44 bits per heavy atom. The monoisotopic (exact) mass is 499 g/mol. The van der Waals surface area contributed by atoms with Crippen molar-refractivity contribution in [2.45, 2.75) is 76.2 Å². The molecule has 1 aromatic carbocycles. The van der Waals surface area contributed by atoms with Crippen LogP contribution in [0.1, 0.15) is 81.0 Å². The van der Waals surface area contributed by atoms with Crippen LogP contribution in [0.4, 0.5) is 5.69 Å². The van der Waals surface area contributed by atoms with Crippen molar-refractivity contribution >= 4 is 23.5 Å². The third-order valence-electron chi connectivity index (χ3n) is 8.79. The maximum absolute atomic E-state index is 12.6. The minimum Gasteiger partial charge on any atom is -0.469 e. The number of hydrogen-bond donors (Lipinski definition) is 2. The number of anilines is 1. The number of nitrogens with one attached hydrogen (secondary N) is 2. The van der Waals surface area contributed by atoms with E-state index in [0.717, 1.165) is 31.6 Å². The molecule has 3 aliphatic rings. The van der Waals surface area contributed by atoms with Crippen molar-refractivity contribution in [2.75, 3.05) is 32.2 Å². The molecule has 0 unspecified atom stereocenters. The molecule has 0 spiro atoms. The van der Waals surface area contributed by atoms with Gasteiger partial charge in [0.15, 0.2) is 0 Å². The molecule has 0 aromatic heterocycles. The molecule has 1 aromatic rings. The molecule has 4 rings (SSSR count). The predicted molar refractivity (Wildman–Crippen MR) is 137 cm³/mol. The van der Waals surface area contributed by atoms with Crippen LogP contribution in [0.5, 0.6) is 0 Å². The number of esters is 1. The highest BCUT2D eigenvalue weighted by atomic mass is 16.5. The zero-order chi connectivity index (χ0) is 25.5. The van der Waals surface area contributed by atoms with E-state index in [1.165, 1.54) is 39.2 Å². The van der Waals surface area contributed by atoms with E-state index in [-0.39, 0.29) is 35.2 Å². The lowest BCUT2D eigenvalue weighted by molar-refractivity contribution is -0.147. The summed E-state index contributed by atoms with van der Waals surface area (Å²) >= 11 is 0. The summed E-state index contributed by atoms with van der Waals surface area (Å²) in [5, 5.41) is 0. The lowest BCUT2D eigenvalue weighted by atomic mass is 9.72. The minimum absolute atomic E-state index is 0.00745. The molecule has 2 N–H and O–H groups in total. The molecule has 8 heteroatoms. The van der Waals surface area contributed by atoms with E-state index < -0.39 is 0 Å². The molecule has 8 nitrogen and oxygen atoms in total. The van der Waals surface area contributed by atoms with E-state index in [4.69, 9.17) is 9.47 Å². The highest BCUT2D eigenvalue weighted by Gasteiger charge is 2.42. The first-order chi connectivity index (χ1) is 17.5. The van der Waals surface area contributed by atoms with Crippen LogP contribution in [0.2, 0.25) is 0 Å². The lowest BCUT2D eigenvalue weighted by Gasteiger charge is -2.47. The van der Waals surface area contributed by atoms with E-state index in [2.05, 4.69) is 15.8 Å². The number of ether oxygens (including phenoxy) is 2. The zero-order valence-corrected chi connectivity index (χ0v) is 21.7. The Kier molecular flexibility index (Phi) is 8.88. The van der Waals surface area contributed by atoms with Gasteiger partial charge in [-0.2, -0.15) is 0 Å². The Balaban J connectivity index is 1.23. The van der Waals surface area contributed by atoms with Crippen molar-refractivity contribution in [3.63, 3.8) is 0 Å². The summed E-state index contributed by atoms with van der Waals surface area (Å²) in [6.45, 7) is 1.90. The van der Waals surface area contributed by atoms with Crippen molar-refractivity contribution in [3.8, 4) is 0 Å². The molecule has 36 heavy (non-hydrogen) atoms. The Morgan fingerprint density at radius 3 is 2.03 bits per heavy atom. The quantitative estimate of drug-likeness (QED) is 0.454. The van der Waals surface area contributed by atoms with Gasteiger partial charge in [0.1, 0.15) is 0 Å². The highest BCUT2D eigenvalue weighted by Crippen LogP contribution is 2.42. The molecule has 2 saturated carbocycles. The molecule has 1 saturated heterocycles. The first kappa shape index (κ1) is 26.5. The predicted octanol–water partition coefficient (Wildman–Crippen LogP) is 3.99. The summed E-state index contributed by atoms with van der Waals surface area (Å²) in [6, 6.07) is 7.56. The number of amides is 2. The smallest absolute Gasteiger partial charge is 0.308 e. The van der Waals surface area contributed by atoms with Crippen LogP contribution >= 0.6 is 0 Å². The molecule has 1 aliphatic heterocycles. The SMILES string of the molecule is COC(=O)C1CCC(C(=O)NNC(=O)c2ccc(N3CCC(OC)(C4CCCCC4)CC3)cc2)CC1. The van der Waals surface area contributed by atoms with Gasteiger partial charge in [-0.05, 0) is 81.5 Å². The average Bonchev–Trinajstić information content (AvgIpc) is 2.96. The number of hydrazine groups is 1. The van der Waals surface area contributed by atoms with Gasteiger partial charge in [0.2, 0.25) is 5.91 Å². The Labute approximate surface area is 214 Å². The maximum Gasteiger partial charge on any atom is 0.308 e. The van der Waals surface area contributed by atoms with Crippen LogP contribution in [-0.2, 0) is 19.1 Å². The van der Waals surface area contributed by atoms with Crippen LogP contribution in [0.15, 0.2) is 24.3 Å². The van der Waals surface area contributed by atoms with Crippen molar-refractivity contribution in [1.29, 1.82) is 0 Å². The molecule has 2 amide bonds. The molecule has 1 heterocycles. The van der Waals surface area contributed by atoms with Gasteiger partial charge < -0.3 is 14.4 Å². The number of carbonyl (C=O) groups excluding carboxylic acids is 3. The largest absolute Gasteiger partial charge is 0.469 e. The van der Waals surface area contributed by atoms with E-state index in [0.29, 0.717) is 37.2 Å². The van der Waals surface area contributed by atoms with E-state index >= 15 is 0 Å². The topological polar surface area (TPSA) is 97.0 Å². The average molecular weight is 500 g/mol. The molecule has 0 bridgehead atoms. The van der Waals surface area contributed by atoms with E-state index in [1.807, 2.05) is 19.2 Å². The van der Waals surface area contributed by atoms with Crippen molar-refractivity contribution in [3.05, 3.63) is 29.8 Å². The lowest BCUT2D eigenvalue weighted by Crippen LogP contribution is -2.50. The number of benzene rings is 1. The molecule has 0 radical (unpaired) electrons. The third kappa shape index (κ3) is 6.02. The molecule has 0 atom stereocenters. The zero-order valence-electron chi connectivity index (χ0n) is 21.7. The van der Waals surface area contributed by atoms with Gasteiger partial charge in [0.05, 0.1) is 18.6 Å². The second-order valence-electron chi connectivity index (χ2n) is 10.7. The van der Waals surface area contributed by atoms with Gasteiger partial charge in [0, 0.05) is 37.4 Å². The summed E-state index contributed by atoms with van der Waals surface area (Å²) in [7, 11) is 3.27. The number of methoxy groups -OCH3 is 2. The number of hydrogen-bond acceptors (Lipinski definition) is 6. The fourth-order valence-electron chi connectivity index (χ4n) is 6.43. The first-order valence-corrected chi connectivity index (χ1v) is 13.5. The van der Waals surface area contributed by atoms with Crippen molar-refractivity contribution in [1.82, 2.24) is 10.9 Å². The van der Waals surface area contributed by atoms with Crippen LogP contribution in [0.25, 0.3) is 0 Å². The summed E-state index contributed by atoms with van der Waals surface area (Å²) in [5.41, 5.74) is 6.70. The maximum atomic E-state index is 12.6. The van der Waals surface area contributed by atoms with Gasteiger partial charge in [-0.15, -0.1) is 0 Å². The number of carbonyl (C=O) groups is 3. The Bertz CT molecular complexity index is 896. The fraction of sp³-hybridized carbons (Fsp3) is 0.679. The minimum atomic E-state index is -0.340. The third-order valence-corrected chi connectivity index (χ3v) is 8.79. The normalized spacial score (nSPS) is 24.6.